The molecule has 21 heavy (non-hydrogen) atoms. The molecule has 0 fully saturated rings. The molecule has 1 aromatic heterocycles. The summed E-state index contributed by atoms with van der Waals surface area (Å²) in [5.41, 5.74) is 7.30. The Bertz CT molecular complexity index is 640. The van der Waals surface area contributed by atoms with E-state index in [-0.39, 0.29) is 18.1 Å². The molecular weight excluding hydrogens is 273 g/mol. The summed E-state index contributed by atoms with van der Waals surface area (Å²) in [7, 11) is 1.83. The zero-order chi connectivity index (χ0) is 15.4. The monoisotopic (exact) mass is 291 g/mol. The zero-order valence-electron chi connectivity index (χ0n) is 12.0. The van der Waals surface area contributed by atoms with Gasteiger partial charge in [-0.2, -0.15) is 0 Å². The number of nitrogens with two attached hydrogens (primary N) is 1. The van der Waals surface area contributed by atoms with Gasteiger partial charge in [-0.25, -0.2) is 4.39 Å². The first-order valence-corrected chi connectivity index (χ1v) is 6.52. The summed E-state index contributed by atoms with van der Waals surface area (Å²) in [6.07, 6.45) is 1.62. The van der Waals surface area contributed by atoms with E-state index < -0.39 is 5.82 Å². The van der Waals surface area contributed by atoms with E-state index in [2.05, 4.69) is 5.32 Å². The number of carbonyl (C=O) groups is 1. The summed E-state index contributed by atoms with van der Waals surface area (Å²) >= 11 is 0. The Kier molecular flexibility index (Phi) is 4.59. The predicted octanol–water partition coefficient (Wildman–Crippen LogP) is 2.38. The van der Waals surface area contributed by atoms with Crippen LogP contribution in [0.5, 0.6) is 0 Å². The molecule has 2 aromatic rings. The lowest BCUT2D eigenvalue weighted by atomic mass is 10.2. The van der Waals surface area contributed by atoms with Gasteiger partial charge in [0, 0.05) is 12.1 Å². The van der Waals surface area contributed by atoms with Gasteiger partial charge in [-0.15, -0.1) is 0 Å². The van der Waals surface area contributed by atoms with Crippen LogP contribution in [0.25, 0.3) is 0 Å². The Morgan fingerprint density at radius 1 is 1.43 bits per heavy atom. The molecule has 1 heterocycles. The smallest absolute Gasteiger partial charge is 0.238 e. The molecule has 0 saturated carbocycles. The third-order valence-corrected chi connectivity index (χ3v) is 3.11. The van der Waals surface area contributed by atoms with Gasteiger partial charge in [-0.3, -0.25) is 9.69 Å². The highest BCUT2D eigenvalue weighted by atomic mass is 19.1. The Morgan fingerprint density at radius 2 is 2.19 bits per heavy atom. The fourth-order valence-electron chi connectivity index (χ4n) is 2.00. The summed E-state index contributed by atoms with van der Waals surface area (Å²) in [6.45, 7) is 2.68. The van der Waals surface area contributed by atoms with Gasteiger partial charge >= 0.3 is 0 Å². The van der Waals surface area contributed by atoms with Crippen LogP contribution < -0.4 is 11.1 Å². The molecule has 112 valence electrons. The second-order valence-corrected chi connectivity index (χ2v) is 4.95. The Labute approximate surface area is 122 Å². The Hall–Kier alpha value is -2.34. The van der Waals surface area contributed by atoms with Gasteiger partial charge < -0.3 is 15.5 Å². The Balaban J connectivity index is 1.90. The van der Waals surface area contributed by atoms with E-state index in [1.807, 2.05) is 24.9 Å². The maximum absolute atomic E-state index is 12.9. The number of hydrogen-bond donors (Lipinski definition) is 2. The first-order valence-electron chi connectivity index (χ1n) is 6.52. The number of nitrogens with zero attached hydrogens (tertiary/aromatic N) is 1. The number of halogens is 1. The summed E-state index contributed by atoms with van der Waals surface area (Å²) in [4.78, 5) is 13.8. The second kappa shape index (κ2) is 6.41. The fourth-order valence-corrected chi connectivity index (χ4v) is 2.00. The van der Waals surface area contributed by atoms with Crippen LogP contribution in [0.15, 0.2) is 34.9 Å². The van der Waals surface area contributed by atoms with Crippen LogP contribution in [0.4, 0.5) is 15.8 Å². The Morgan fingerprint density at radius 3 is 2.81 bits per heavy atom. The molecule has 0 aliphatic carbocycles. The van der Waals surface area contributed by atoms with E-state index in [0.717, 1.165) is 11.3 Å². The number of nitrogen functional groups attached to an aromatic ring is 1. The first kappa shape index (κ1) is 15.1. The quantitative estimate of drug-likeness (QED) is 0.830. The number of nitrogens with one attached hydrogen (secondary N) is 1. The molecule has 1 aromatic carbocycles. The second-order valence-electron chi connectivity index (χ2n) is 4.95. The highest BCUT2D eigenvalue weighted by Gasteiger charge is 2.11. The van der Waals surface area contributed by atoms with E-state index in [1.165, 1.54) is 18.2 Å². The van der Waals surface area contributed by atoms with Crippen molar-refractivity contribution in [3.05, 3.63) is 47.7 Å². The standard InChI is InChI=1S/C15H18FN3O2/c1-10-11(5-6-21-10)8-19(2)9-15(20)18-14-4-3-12(16)7-13(14)17/h3-7H,8-9,17H2,1-2H3,(H,18,20). The number of amides is 1. The zero-order valence-corrected chi connectivity index (χ0v) is 12.0. The lowest BCUT2D eigenvalue weighted by molar-refractivity contribution is -0.117. The molecule has 3 N–H and O–H groups in total. The van der Waals surface area contributed by atoms with Crippen molar-refractivity contribution in [3.8, 4) is 0 Å². The molecule has 0 aliphatic rings. The van der Waals surface area contributed by atoms with Gasteiger partial charge in [-0.1, -0.05) is 0 Å². The van der Waals surface area contributed by atoms with Crippen molar-refractivity contribution < 1.29 is 13.6 Å². The number of rotatable bonds is 5. The molecular formula is C15H18FN3O2. The van der Waals surface area contributed by atoms with Crippen LogP contribution >= 0.6 is 0 Å². The third kappa shape index (κ3) is 4.06. The SMILES string of the molecule is Cc1occc1CN(C)CC(=O)Nc1ccc(F)cc1N. The van der Waals surface area contributed by atoms with Crippen molar-refractivity contribution in [2.24, 2.45) is 0 Å². The summed E-state index contributed by atoms with van der Waals surface area (Å²) in [5, 5.41) is 2.67. The number of likely N-dealkylation sites (N-methyl/N-ethyl adjacent to an activating group) is 1. The van der Waals surface area contributed by atoms with Gasteiger partial charge in [0.05, 0.1) is 24.2 Å². The minimum atomic E-state index is -0.432. The lowest BCUT2D eigenvalue weighted by Gasteiger charge is -2.16. The van der Waals surface area contributed by atoms with E-state index in [1.54, 1.807) is 6.26 Å². The van der Waals surface area contributed by atoms with E-state index >= 15 is 0 Å². The van der Waals surface area contributed by atoms with Gasteiger partial charge in [0.15, 0.2) is 0 Å². The third-order valence-electron chi connectivity index (χ3n) is 3.11. The molecule has 1 amide bonds. The van der Waals surface area contributed by atoms with Crippen LogP contribution in [0.1, 0.15) is 11.3 Å². The van der Waals surface area contributed by atoms with Crippen molar-refractivity contribution in [1.29, 1.82) is 0 Å². The van der Waals surface area contributed by atoms with Crippen molar-refractivity contribution in [1.82, 2.24) is 4.90 Å². The number of aryl methyl sites for hydroxylation is 1. The van der Waals surface area contributed by atoms with Crippen molar-refractivity contribution in [2.45, 2.75) is 13.5 Å². The van der Waals surface area contributed by atoms with Crippen LogP contribution in [-0.2, 0) is 11.3 Å². The van der Waals surface area contributed by atoms with E-state index in [0.29, 0.717) is 12.2 Å². The van der Waals surface area contributed by atoms with Crippen LogP contribution in [0, 0.1) is 12.7 Å². The normalized spacial score (nSPS) is 10.9. The molecule has 0 atom stereocenters. The molecule has 6 heteroatoms. The average molecular weight is 291 g/mol. The number of hydrogen-bond acceptors (Lipinski definition) is 4. The molecule has 0 spiro atoms. The van der Waals surface area contributed by atoms with E-state index in [9.17, 15) is 9.18 Å². The highest BCUT2D eigenvalue weighted by Crippen LogP contribution is 2.19. The van der Waals surface area contributed by atoms with Crippen molar-refractivity contribution >= 4 is 17.3 Å². The maximum Gasteiger partial charge on any atom is 0.238 e. The van der Waals surface area contributed by atoms with Crippen LogP contribution in [-0.4, -0.2) is 24.4 Å². The molecule has 0 unspecified atom stereocenters. The topological polar surface area (TPSA) is 71.5 Å². The summed E-state index contributed by atoms with van der Waals surface area (Å²) < 4.78 is 18.1. The van der Waals surface area contributed by atoms with Gasteiger partial charge in [0.1, 0.15) is 11.6 Å². The molecule has 2 rings (SSSR count). The number of carbonyl (C=O) groups excluding carboxylic acids is 1. The van der Waals surface area contributed by atoms with Gasteiger partial charge in [0.2, 0.25) is 5.91 Å². The highest BCUT2D eigenvalue weighted by molar-refractivity contribution is 5.95. The van der Waals surface area contributed by atoms with E-state index in [4.69, 9.17) is 10.2 Å². The number of anilines is 2. The molecule has 5 nitrogen and oxygen atoms in total. The fraction of sp³-hybridized carbons (Fsp3) is 0.267. The summed E-state index contributed by atoms with van der Waals surface area (Å²) in [6, 6.07) is 5.75. The van der Waals surface area contributed by atoms with Gasteiger partial charge in [0.25, 0.3) is 0 Å². The minimum Gasteiger partial charge on any atom is -0.469 e. The molecule has 0 aliphatic heterocycles. The number of benzene rings is 1. The van der Waals surface area contributed by atoms with Crippen LogP contribution in [0.3, 0.4) is 0 Å². The largest absolute Gasteiger partial charge is 0.469 e. The predicted molar refractivity (Wildman–Crippen MR) is 79.2 cm³/mol. The maximum atomic E-state index is 12.9. The van der Waals surface area contributed by atoms with Gasteiger partial charge in [-0.05, 0) is 38.2 Å². The first-order chi connectivity index (χ1) is 9.95. The van der Waals surface area contributed by atoms with Crippen molar-refractivity contribution in [2.75, 3.05) is 24.6 Å². The number of furan rings is 1. The molecule has 0 saturated heterocycles. The van der Waals surface area contributed by atoms with Crippen molar-refractivity contribution in [3.63, 3.8) is 0 Å². The molecule has 0 radical (unpaired) electrons. The lowest BCUT2D eigenvalue weighted by Crippen LogP contribution is -2.30. The summed E-state index contributed by atoms with van der Waals surface area (Å²) in [5.74, 6) is 0.194. The molecule has 0 bridgehead atoms. The van der Waals surface area contributed by atoms with Crippen LogP contribution in [0.2, 0.25) is 0 Å². The average Bonchev–Trinajstić information content (AvgIpc) is 2.78. The minimum absolute atomic E-state index is 0.196.